The van der Waals surface area contributed by atoms with E-state index in [2.05, 4.69) is 31.4 Å². The molecule has 1 amide bonds. The molecular formula is C18H36N2O5. The van der Waals surface area contributed by atoms with Gasteiger partial charge in [0.2, 0.25) is 0 Å². The van der Waals surface area contributed by atoms with Crippen molar-refractivity contribution < 1.29 is 23.7 Å². The molecule has 2 N–H and O–H groups in total. The van der Waals surface area contributed by atoms with E-state index in [4.69, 9.17) is 18.9 Å². The molecule has 1 saturated carbocycles. The second-order valence-corrected chi connectivity index (χ2v) is 7.99. The Kier molecular flexibility index (Phi) is 9.71. The molecule has 0 spiro atoms. The van der Waals surface area contributed by atoms with Gasteiger partial charge in [-0.05, 0) is 30.1 Å². The Morgan fingerprint density at radius 3 is 2.44 bits per heavy atom. The molecule has 2 atom stereocenters. The van der Waals surface area contributed by atoms with E-state index in [1.54, 1.807) is 14.2 Å². The molecule has 0 bridgehead atoms. The fraction of sp³-hybridized carbons (Fsp3) is 0.944. The zero-order chi connectivity index (χ0) is 18.8. The van der Waals surface area contributed by atoms with E-state index < -0.39 is 0 Å². The summed E-state index contributed by atoms with van der Waals surface area (Å²) in [5, 5.41) is 6.34. The van der Waals surface area contributed by atoms with Crippen LogP contribution < -0.4 is 10.6 Å². The number of hydrogen-bond acceptors (Lipinski definition) is 6. The Bertz CT molecular complexity index is 392. The van der Waals surface area contributed by atoms with Crippen LogP contribution in [-0.2, 0) is 18.9 Å². The molecule has 7 nitrogen and oxygen atoms in total. The van der Waals surface area contributed by atoms with Crippen molar-refractivity contribution in [2.45, 2.75) is 46.1 Å². The van der Waals surface area contributed by atoms with Crippen LogP contribution in [0.3, 0.4) is 0 Å². The van der Waals surface area contributed by atoms with Crippen molar-refractivity contribution in [2.24, 2.45) is 10.8 Å². The van der Waals surface area contributed by atoms with Crippen LogP contribution in [0.4, 0.5) is 4.79 Å². The molecule has 148 valence electrons. The molecule has 25 heavy (non-hydrogen) atoms. The van der Waals surface area contributed by atoms with Crippen molar-refractivity contribution in [1.82, 2.24) is 10.6 Å². The zero-order valence-electron chi connectivity index (χ0n) is 16.5. The lowest BCUT2D eigenvalue weighted by Crippen LogP contribution is -2.49. The largest absolute Gasteiger partial charge is 0.447 e. The second-order valence-electron chi connectivity index (χ2n) is 7.99. The molecule has 2 unspecified atom stereocenters. The van der Waals surface area contributed by atoms with E-state index >= 15 is 0 Å². The topological polar surface area (TPSA) is 78.1 Å². The first kappa shape index (κ1) is 22.2. The van der Waals surface area contributed by atoms with Crippen LogP contribution in [-0.4, -0.2) is 66.1 Å². The van der Waals surface area contributed by atoms with E-state index in [9.17, 15) is 4.79 Å². The molecule has 1 aliphatic rings. The zero-order valence-corrected chi connectivity index (χ0v) is 16.5. The number of hydrogen-bond donors (Lipinski definition) is 2. The van der Waals surface area contributed by atoms with Gasteiger partial charge in [-0.15, -0.1) is 0 Å². The lowest BCUT2D eigenvalue weighted by Gasteiger charge is -2.47. The van der Waals surface area contributed by atoms with Crippen LogP contribution in [0.15, 0.2) is 0 Å². The van der Waals surface area contributed by atoms with Crippen LogP contribution in [0.5, 0.6) is 0 Å². The van der Waals surface area contributed by atoms with Gasteiger partial charge in [-0.1, -0.05) is 20.8 Å². The van der Waals surface area contributed by atoms with Gasteiger partial charge in [0.1, 0.15) is 6.61 Å². The first-order valence-corrected chi connectivity index (χ1v) is 9.00. The molecule has 0 aromatic heterocycles. The van der Waals surface area contributed by atoms with Gasteiger partial charge in [0, 0.05) is 26.8 Å². The third-order valence-electron chi connectivity index (χ3n) is 4.51. The summed E-state index contributed by atoms with van der Waals surface area (Å²) < 4.78 is 20.4. The van der Waals surface area contributed by atoms with Gasteiger partial charge in [-0.25, -0.2) is 4.79 Å². The number of amides is 1. The minimum absolute atomic E-state index is 0.0289. The normalized spacial score (nSPS) is 25.6. The van der Waals surface area contributed by atoms with Gasteiger partial charge in [0.25, 0.3) is 0 Å². The first-order valence-electron chi connectivity index (χ1n) is 9.00. The van der Waals surface area contributed by atoms with E-state index in [1.807, 2.05) is 0 Å². The van der Waals surface area contributed by atoms with Gasteiger partial charge < -0.3 is 24.3 Å². The van der Waals surface area contributed by atoms with Gasteiger partial charge in [-0.3, -0.25) is 5.32 Å². The van der Waals surface area contributed by atoms with E-state index in [-0.39, 0.29) is 23.5 Å². The SMILES string of the molecule is COCCOCCOC(=O)NCC1(C)CC(NCOC)CC(C)(C)C1. The van der Waals surface area contributed by atoms with Crippen LogP contribution in [0.25, 0.3) is 0 Å². The van der Waals surface area contributed by atoms with Crippen molar-refractivity contribution in [3.63, 3.8) is 0 Å². The van der Waals surface area contributed by atoms with E-state index in [0.717, 1.165) is 19.3 Å². The highest BCUT2D eigenvalue weighted by Gasteiger charge is 2.41. The molecule has 0 radical (unpaired) electrons. The van der Waals surface area contributed by atoms with Crippen LogP contribution in [0.2, 0.25) is 0 Å². The molecule has 0 heterocycles. The van der Waals surface area contributed by atoms with E-state index in [1.165, 1.54) is 0 Å². The summed E-state index contributed by atoms with van der Waals surface area (Å²) >= 11 is 0. The van der Waals surface area contributed by atoms with Gasteiger partial charge in [0.05, 0.1) is 26.6 Å². The molecule has 1 aliphatic carbocycles. The highest BCUT2D eigenvalue weighted by molar-refractivity contribution is 5.67. The third-order valence-corrected chi connectivity index (χ3v) is 4.51. The molecule has 1 rings (SSSR count). The molecule has 7 heteroatoms. The first-order chi connectivity index (χ1) is 11.8. The Balaban J connectivity index is 2.33. The summed E-state index contributed by atoms with van der Waals surface area (Å²) in [5.74, 6) is 0. The molecule has 0 aromatic rings. The Hall–Kier alpha value is -0.890. The van der Waals surface area contributed by atoms with Crippen LogP contribution in [0, 0.1) is 10.8 Å². The number of nitrogens with one attached hydrogen (secondary N) is 2. The summed E-state index contributed by atoms with van der Waals surface area (Å²) in [6.07, 6.45) is 2.78. The monoisotopic (exact) mass is 360 g/mol. The lowest BCUT2D eigenvalue weighted by molar-refractivity contribution is 0.0365. The van der Waals surface area contributed by atoms with Crippen LogP contribution in [0.1, 0.15) is 40.0 Å². The van der Waals surface area contributed by atoms with Crippen molar-refractivity contribution in [3.8, 4) is 0 Å². The predicted octanol–water partition coefficient (Wildman–Crippen LogP) is 2.15. The highest BCUT2D eigenvalue weighted by atomic mass is 16.6. The Morgan fingerprint density at radius 2 is 1.76 bits per heavy atom. The molecule has 0 aliphatic heterocycles. The smallest absolute Gasteiger partial charge is 0.407 e. The summed E-state index contributed by atoms with van der Waals surface area (Å²) in [6.45, 7) is 9.61. The third kappa shape index (κ3) is 9.39. The maximum Gasteiger partial charge on any atom is 0.407 e. The summed E-state index contributed by atoms with van der Waals surface area (Å²) in [5.41, 5.74) is 0.250. The summed E-state index contributed by atoms with van der Waals surface area (Å²) in [4.78, 5) is 11.9. The molecule has 1 fully saturated rings. The van der Waals surface area contributed by atoms with Gasteiger partial charge in [0.15, 0.2) is 0 Å². The van der Waals surface area contributed by atoms with Crippen molar-refractivity contribution in [1.29, 1.82) is 0 Å². The number of carbonyl (C=O) groups excluding carboxylic acids is 1. The minimum atomic E-state index is -0.388. The van der Waals surface area contributed by atoms with Crippen molar-refractivity contribution in [3.05, 3.63) is 0 Å². The molecular weight excluding hydrogens is 324 g/mol. The number of methoxy groups -OCH3 is 2. The second kappa shape index (κ2) is 11.0. The number of rotatable bonds is 11. The predicted molar refractivity (Wildman–Crippen MR) is 96.6 cm³/mol. The fourth-order valence-corrected chi connectivity index (χ4v) is 3.89. The van der Waals surface area contributed by atoms with Crippen molar-refractivity contribution >= 4 is 6.09 Å². The number of alkyl carbamates (subject to hydrolysis) is 1. The Labute approximate surface area is 152 Å². The average Bonchev–Trinajstić information content (AvgIpc) is 2.52. The van der Waals surface area contributed by atoms with Gasteiger partial charge in [-0.2, -0.15) is 0 Å². The molecule has 0 saturated heterocycles. The van der Waals surface area contributed by atoms with E-state index in [0.29, 0.717) is 39.1 Å². The fourth-order valence-electron chi connectivity index (χ4n) is 3.89. The Morgan fingerprint density at radius 1 is 1.04 bits per heavy atom. The summed E-state index contributed by atoms with van der Waals surface area (Å²) in [7, 11) is 3.31. The average molecular weight is 360 g/mol. The quantitative estimate of drug-likeness (QED) is 0.434. The number of carbonyl (C=O) groups is 1. The minimum Gasteiger partial charge on any atom is -0.447 e. The maximum atomic E-state index is 11.9. The standard InChI is InChI=1S/C18H36N2O5/c1-17(2)10-15(20-14-23-5)11-18(3,12-17)13-19-16(21)25-9-8-24-7-6-22-4/h15,20H,6-14H2,1-5H3,(H,19,21). The maximum absolute atomic E-state index is 11.9. The highest BCUT2D eigenvalue weighted by Crippen LogP contribution is 2.45. The molecule has 0 aromatic carbocycles. The van der Waals surface area contributed by atoms with Gasteiger partial charge >= 0.3 is 6.09 Å². The van der Waals surface area contributed by atoms with Crippen molar-refractivity contribution in [2.75, 3.05) is 53.9 Å². The number of ether oxygens (including phenoxy) is 4. The van der Waals surface area contributed by atoms with Crippen LogP contribution >= 0.6 is 0 Å². The lowest BCUT2D eigenvalue weighted by atomic mass is 9.62. The summed E-state index contributed by atoms with van der Waals surface area (Å²) in [6, 6.07) is 0.390.